The summed E-state index contributed by atoms with van der Waals surface area (Å²) >= 11 is 0. The van der Waals surface area contributed by atoms with Crippen molar-refractivity contribution in [2.75, 3.05) is 13.2 Å². The number of aliphatic hydroxyl groups excluding tert-OH is 1. The highest BCUT2D eigenvalue weighted by molar-refractivity contribution is 5.70. The van der Waals surface area contributed by atoms with Crippen molar-refractivity contribution in [2.45, 2.75) is 213 Å². The molecule has 0 bridgehead atoms. The van der Waals surface area contributed by atoms with E-state index in [0.717, 1.165) is 38.5 Å². The Bertz CT molecular complexity index is 632. The molecule has 0 radical (unpaired) electrons. The van der Waals surface area contributed by atoms with Gasteiger partial charge in [-0.3, -0.25) is 9.59 Å². The first-order valence-corrected chi connectivity index (χ1v) is 19.2. The Kier molecular flexibility index (Phi) is 35.0. The molecule has 260 valence electrons. The van der Waals surface area contributed by atoms with Crippen LogP contribution in [0.15, 0.2) is 12.2 Å². The first-order chi connectivity index (χ1) is 21.6. The fourth-order valence-corrected chi connectivity index (χ4v) is 5.61. The summed E-state index contributed by atoms with van der Waals surface area (Å²) < 4.78 is 10.6. The number of esters is 2. The summed E-state index contributed by atoms with van der Waals surface area (Å²) in [5.41, 5.74) is 0. The number of unbranched alkanes of at least 4 members (excludes halogenated alkanes) is 25. The molecule has 0 aromatic heterocycles. The third-order valence-electron chi connectivity index (χ3n) is 8.56. The van der Waals surface area contributed by atoms with Gasteiger partial charge < -0.3 is 14.6 Å². The van der Waals surface area contributed by atoms with Crippen molar-refractivity contribution in [2.24, 2.45) is 0 Å². The molecule has 0 saturated heterocycles. The molecule has 0 heterocycles. The molecule has 0 spiro atoms. The van der Waals surface area contributed by atoms with Gasteiger partial charge in [-0.25, -0.2) is 0 Å². The van der Waals surface area contributed by atoms with E-state index in [0.29, 0.717) is 12.8 Å². The number of aliphatic hydroxyl groups is 1. The maximum absolute atomic E-state index is 12.1. The Balaban J connectivity index is 3.53. The molecule has 0 aromatic carbocycles. The molecule has 1 atom stereocenters. The van der Waals surface area contributed by atoms with Gasteiger partial charge in [-0.1, -0.05) is 167 Å². The Hall–Kier alpha value is -1.36. The van der Waals surface area contributed by atoms with E-state index >= 15 is 0 Å². The lowest BCUT2D eigenvalue weighted by Gasteiger charge is -2.15. The molecule has 0 aliphatic carbocycles. The topological polar surface area (TPSA) is 72.8 Å². The molecule has 0 aliphatic rings. The molecule has 0 saturated carbocycles. The first kappa shape index (κ1) is 42.6. The Morgan fingerprint density at radius 1 is 0.500 bits per heavy atom. The standard InChI is InChI=1S/C39H74O5/c1-3-5-7-9-11-13-15-17-18-19-20-22-23-25-27-29-31-33-38(41)43-36-37(35-40)44-39(42)34-32-30-28-26-24-21-16-14-12-10-8-6-4-2/h17-18,37,40H,3-16,19-36H2,1-2H3/b18-17-/t37-/m0/s1. The number of allylic oxidation sites excluding steroid dienone is 2. The molecule has 0 unspecified atom stereocenters. The second-order valence-corrected chi connectivity index (χ2v) is 13.0. The second kappa shape index (κ2) is 36.1. The zero-order valence-electron chi connectivity index (χ0n) is 29.4. The Morgan fingerprint density at radius 3 is 1.23 bits per heavy atom. The number of carbonyl (C=O) groups is 2. The number of ether oxygens (including phenoxy) is 2. The average Bonchev–Trinajstić information content (AvgIpc) is 3.02. The van der Waals surface area contributed by atoms with Crippen molar-refractivity contribution in [1.29, 1.82) is 0 Å². The van der Waals surface area contributed by atoms with Crippen LogP contribution in [0.2, 0.25) is 0 Å². The summed E-state index contributed by atoms with van der Waals surface area (Å²) in [4.78, 5) is 24.2. The summed E-state index contributed by atoms with van der Waals surface area (Å²) in [5.74, 6) is -0.587. The van der Waals surface area contributed by atoms with E-state index in [4.69, 9.17) is 9.47 Å². The zero-order valence-corrected chi connectivity index (χ0v) is 29.4. The highest BCUT2D eigenvalue weighted by Crippen LogP contribution is 2.14. The molecule has 0 amide bonds. The zero-order chi connectivity index (χ0) is 32.2. The Labute approximate surface area is 273 Å². The maximum Gasteiger partial charge on any atom is 0.306 e. The van der Waals surface area contributed by atoms with E-state index in [1.54, 1.807) is 0 Å². The van der Waals surface area contributed by atoms with Crippen molar-refractivity contribution in [1.82, 2.24) is 0 Å². The predicted molar refractivity (Wildman–Crippen MR) is 187 cm³/mol. The van der Waals surface area contributed by atoms with E-state index in [1.165, 1.54) is 141 Å². The minimum atomic E-state index is -0.765. The van der Waals surface area contributed by atoms with Gasteiger partial charge in [-0.05, 0) is 38.5 Å². The summed E-state index contributed by atoms with van der Waals surface area (Å²) in [6.07, 6.45) is 39.8. The van der Waals surface area contributed by atoms with Gasteiger partial charge in [-0.2, -0.15) is 0 Å². The molecule has 5 nitrogen and oxygen atoms in total. The third-order valence-corrected chi connectivity index (χ3v) is 8.56. The number of hydrogen-bond acceptors (Lipinski definition) is 5. The van der Waals surface area contributed by atoms with Crippen LogP contribution in [0.4, 0.5) is 0 Å². The monoisotopic (exact) mass is 623 g/mol. The van der Waals surface area contributed by atoms with Crippen LogP contribution in [0, 0.1) is 0 Å². The second-order valence-electron chi connectivity index (χ2n) is 13.0. The average molecular weight is 623 g/mol. The summed E-state index contributed by atoms with van der Waals surface area (Å²) in [6, 6.07) is 0. The molecule has 1 N–H and O–H groups in total. The largest absolute Gasteiger partial charge is 0.462 e. The number of hydrogen-bond donors (Lipinski definition) is 1. The lowest BCUT2D eigenvalue weighted by atomic mass is 10.0. The van der Waals surface area contributed by atoms with Gasteiger partial charge >= 0.3 is 11.9 Å². The molecule has 0 aliphatic heterocycles. The summed E-state index contributed by atoms with van der Waals surface area (Å²) in [7, 11) is 0. The van der Waals surface area contributed by atoms with Crippen LogP contribution in [0.1, 0.15) is 206 Å². The summed E-state index contributed by atoms with van der Waals surface area (Å²) in [5, 5.41) is 9.53. The van der Waals surface area contributed by atoms with Crippen molar-refractivity contribution >= 4 is 11.9 Å². The Morgan fingerprint density at radius 2 is 0.841 bits per heavy atom. The predicted octanol–water partition coefficient (Wildman–Crippen LogP) is 11.7. The van der Waals surface area contributed by atoms with Gasteiger partial charge in [-0.15, -0.1) is 0 Å². The fraction of sp³-hybridized carbons (Fsp3) is 0.897. The fourth-order valence-electron chi connectivity index (χ4n) is 5.61. The lowest BCUT2D eigenvalue weighted by Crippen LogP contribution is -2.28. The van der Waals surface area contributed by atoms with Crippen LogP contribution in [0.3, 0.4) is 0 Å². The number of carbonyl (C=O) groups excluding carboxylic acids is 2. The highest BCUT2D eigenvalue weighted by atomic mass is 16.6. The van der Waals surface area contributed by atoms with Gasteiger partial charge in [0.25, 0.3) is 0 Å². The van der Waals surface area contributed by atoms with E-state index in [2.05, 4.69) is 26.0 Å². The molecule has 0 fully saturated rings. The smallest absolute Gasteiger partial charge is 0.306 e. The van der Waals surface area contributed by atoms with Crippen LogP contribution >= 0.6 is 0 Å². The minimum Gasteiger partial charge on any atom is -0.462 e. The highest BCUT2D eigenvalue weighted by Gasteiger charge is 2.16. The van der Waals surface area contributed by atoms with Gasteiger partial charge in [0.05, 0.1) is 6.61 Å². The SMILES string of the molecule is CCCCCCCC/C=C\CCCCCCCCCC(=O)OC[C@H](CO)OC(=O)CCCCCCCCCCCCCCC. The lowest BCUT2D eigenvalue weighted by molar-refractivity contribution is -0.161. The van der Waals surface area contributed by atoms with Crippen molar-refractivity contribution in [3.05, 3.63) is 12.2 Å². The van der Waals surface area contributed by atoms with Gasteiger partial charge in [0.1, 0.15) is 6.61 Å². The molecule has 5 heteroatoms. The van der Waals surface area contributed by atoms with E-state index in [1.807, 2.05) is 0 Å². The maximum atomic E-state index is 12.1. The molecule has 0 aromatic rings. The van der Waals surface area contributed by atoms with Crippen LogP contribution in [0.5, 0.6) is 0 Å². The normalized spacial score (nSPS) is 12.2. The third kappa shape index (κ3) is 33.5. The number of rotatable bonds is 35. The van der Waals surface area contributed by atoms with Gasteiger partial charge in [0.15, 0.2) is 6.10 Å². The van der Waals surface area contributed by atoms with Crippen LogP contribution < -0.4 is 0 Å². The van der Waals surface area contributed by atoms with Crippen LogP contribution in [-0.2, 0) is 19.1 Å². The van der Waals surface area contributed by atoms with E-state index < -0.39 is 6.10 Å². The van der Waals surface area contributed by atoms with E-state index in [-0.39, 0.29) is 25.2 Å². The first-order valence-electron chi connectivity index (χ1n) is 19.2. The van der Waals surface area contributed by atoms with Crippen molar-refractivity contribution in [3.8, 4) is 0 Å². The summed E-state index contributed by atoms with van der Waals surface area (Å²) in [6.45, 7) is 4.14. The van der Waals surface area contributed by atoms with Gasteiger partial charge in [0, 0.05) is 12.8 Å². The van der Waals surface area contributed by atoms with E-state index in [9.17, 15) is 14.7 Å². The molecular formula is C39H74O5. The van der Waals surface area contributed by atoms with Crippen molar-refractivity contribution in [3.63, 3.8) is 0 Å². The van der Waals surface area contributed by atoms with Crippen molar-refractivity contribution < 1.29 is 24.2 Å². The molecular weight excluding hydrogens is 548 g/mol. The van der Waals surface area contributed by atoms with Crippen LogP contribution in [0.25, 0.3) is 0 Å². The minimum absolute atomic E-state index is 0.0624. The quantitative estimate of drug-likeness (QED) is 0.0432. The molecule has 0 rings (SSSR count). The van der Waals surface area contributed by atoms with Crippen LogP contribution in [-0.4, -0.2) is 36.4 Å². The van der Waals surface area contributed by atoms with Gasteiger partial charge in [0.2, 0.25) is 0 Å². The molecule has 44 heavy (non-hydrogen) atoms.